The number of rotatable bonds is 7. The lowest BCUT2D eigenvalue weighted by Crippen LogP contribution is -2.50. The van der Waals surface area contributed by atoms with Gasteiger partial charge in [-0.2, -0.15) is 0 Å². The van der Waals surface area contributed by atoms with Crippen LogP contribution in [0.25, 0.3) is 0 Å². The Morgan fingerprint density at radius 1 is 1.42 bits per heavy atom. The van der Waals surface area contributed by atoms with Crippen molar-refractivity contribution in [2.75, 3.05) is 26.8 Å². The van der Waals surface area contributed by atoms with Gasteiger partial charge in [0, 0.05) is 49.2 Å². The molecule has 1 aromatic rings. The van der Waals surface area contributed by atoms with Crippen LogP contribution in [0.15, 0.2) is 18.2 Å². The molecule has 24 heavy (non-hydrogen) atoms. The van der Waals surface area contributed by atoms with E-state index in [0.29, 0.717) is 26.1 Å². The van der Waals surface area contributed by atoms with Gasteiger partial charge in [0.1, 0.15) is 5.82 Å². The van der Waals surface area contributed by atoms with E-state index in [1.165, 1.54) is 6.07 Å². The maximum atomic E-state index is 14.3. The molecule has 2 rings (SSSR count). The van der Waals surface area contributed by atoms with Crippen molar-refractivity contribution in [1.82, 2.24) is 15.4 Å². The van der Waals surface area contributed by atoms with Gasteiger partial charge in [0.15, 0.2) is 0 Å². The lowest BCUT2D eigenvalue weighted by atomic mass is 9.82. The highest BCUT2D eigenvalue weighted by Crippen LogP contribution is 2.33. The number of halogens is 1. The molecule has 1 atom stereocenters. The number of hydrogen-bond donors (Lipinski definition) is 3. The molecule has 0 spiro atoms. The van der Waals surface area contributed by atoms with Gasteiger partial charge in [-0.1, -0.05) is 12.1 Å². The number of benzene rings is 1. The molecule has 1 aliphatic rings. The second kappa shape index (κ2) is 8.63. The standard InChI is InChI=1S/C15H22FN3O4S/c1-17-14(20)10-18-15(4-6-23-7-5-15)12-3-2-11(13(16)8-12)9-19-24(21)22/h2-3,8,18-19H,4-7,9-10H2,1H3,(H,17,20)(H,21,22)/p-1. The van der Waals surface area contributed by atoms with E-state index in [9.17, 15) is 17.9 Å². The quantitative estimate of drug-likeness (QED) is 0.598. The van der Waals surface area contributed by atoms with Crippen LogP contribution in [0.1, 0.15) is 24.0 Å². The van der Waals surface area contributed by atoms with Crippen molar-refractivity contribution in [1.29, 1.82) is 0 Å². The molecule has 0 bridgehead atoms. The van der Waals surface area contributed by atoms with Crippen molar-refractivity contribution in [2.45, 2.75) is 24.9 Å². The minimum atomic E-state index is -2.44. The maximum Gasteiger partial charge on any atom is 0.233 e. The highest BCUT2D eigenvalue weighted by atomic mass is 32.2. The van der Waals surface area contributed by atoms with Crippen LogP contribution >= 0.6 is 0 Å². The minimum Gasteiger partial charge on any atom is -0.760 e. The van der Waals surface area contributed by atoms with Crippen molar-refractivity contribution >= 4 is 17.2 Å². The van der Waals surface area contributed by atoms with Gasteiger partial charge < -0.3 is 14.6 Å². The molecule has 3 N–H and O–H groups in total. The molecule has 0 radical (unpaired) electrons. The number of carbonyl (C=O) groups is 1. The Morgan fingerprint density at radius 2 is 2.12 bits per heavy atom. The van der Waals surface area contributed by atoms with Crippen molar-refractivity contribution < 1.29 is 22.7 Å². The molecular weight excluding hydrogens is 337 g/mol. The fourth-order valence-electron chi connectivity index (χ4n) is 2.75. The van der Waals surface area contributed by atoms with Crippen LogP contribution in [0.4, 0.5) is 4.39 Å². The smallest absolute Gasteiger partial charge is 0.233 e. The summed E-state index contributed by atoms with van der Waals surface area (Å²) in [6.07, 6.45) is 1.23. The summed E-state index contributed by atoms with van der Waals surface area (Å²) < 4.78 is 42.9. The number of amides is 1. The highest BCUT2D eigenvalue weighted by molar-refractivity contribution is 7.77. The Labute approximate surface area is 142 Å². The molecule has 1 fully saturated rings. The van der Waals surface area contributed by atoms with Crippen molar-refractivity contribution in [3.05, 3.63) is 35.1 Å². The fraction of sp³-hybridized carbons (Fsp3) is 0.533. The summed E-state index contributed by atoms with van der Waals surface area (Å²) in [5.74, 6) is -0.641. The van der Waals surface area contributed by atoms with Gasteiger partial charge in [0.25, 0.3) is 0 Å². The second-order valence-corrected chi connectivity index (χ2v) is 6.34. The topological polar surface area (TPSA) is 103 Å². The lowest BCUT2D eigenvalue weighted by Gasteiger charge is -2.38. The van der Waals surface area contributed by atoms with Crippen LogP contribution < -0.4 is 15.4 Å². The van der Waals surface area contributed by atoms with E-state index in [-0.39, 0.29) is 24.6 Å². The van der Waals surface area contributed by atoms with E-state index >= 15 is 0 Å². The van der Waals surface area contributed by atoms with E-state index in [2.05, 4.69) is 15.4 Å². The number of ether oxygens (including phenoxy) is 1. The van der Waals surface area contributed by atoms with Crippen LogP contribution in [0.5, 0.6) is 0 Å². The van der Waals surface area contributed by atoms with Gasteiger partial charge in [0.05, 0.1) is 6.54 Å². The van der Waals surface area contributed by atoms with E-state index in [1.54, 1.807) is 19.2 Å². The highest BCUT2D eigenvalue weighted by Gasteiger charge is 2.34. The third-order valence-corrected chi connectivity index (χ3v) is 4.58. The zero-order chi connectivity index (χ0) is 17.6. The van der Waals surface area contributed by atoms with Crippen LogP contribution in [-0.4, -0.2) is 41.5 Å². The van der Waals surface area contributed by atoms with Crippen LogP contribution in [0.2, 0.25) is 0 Å². The van der Waals surface area contributed by atoms with Crippen molar-refractivity contribution in [3.8, 4) is 0 Å². The van der Waals surface area contributed by atoms with E-state index in [0.717, 1.165) is 5.56 Å². The first-order chi connectivity index (χ1) is 11.5. The summed E-state index contributed by atoms with van der Waals surface area (Å²) in [4.78, 5) is 11.6. The molecule has 1 saturated heterocycles. The third kappa shape index (κ3) is 4.81. The fourth-order valence-corrected chi connectivity index (χ4v) is 3.02. The second-order valence-electron chi connectivity index (χ2n) is 5.58. The Hall–Kier alpha value is -1.39. The van der Waals surface area contributed by atoms with Gasteiger partial charge >= 0.3 is 0 Å². The summed E-state index contributed by atoms with van der Waals surface area (Å²) in [6.45, 7) is 1.04. The largest absolute Gasteiger partial charge is 0.760 e. The van der Waals surface area contributed by atoms with Gasteiger partial charge in [-0.15, -0.1) is 0 Å². The minimum absolute atomic E-state index is 0.107. The molecule has 1 heterocycles. The SMILES string of the molecule is CNC(=O)CNC1(c2ccc(CNS(=O)[O-])c(F)c2)CCOCC1. The molecular formula is C15H21FN3O4S-. The number of nitrogens with one attached hydrogen (secondary N) is 3. The average molecular weight is 358 g/mol. The molecule has 1 aromatic carbocycles. The summed E-state index contributed by atoms with van der Waals surface area (Å²) in [6, 6.07) is 4.71. The molecule has 0 aromatic heterocycles. The summed E-state index contributed by atoms with van der Waals surface area (Å²) in [5.41, 5.74) is 0.439. The molecule has 7 nitrogen and oxygen atoms in total. The monoisotopic (exact) mass is 358 g/mol. The van der Waals surface area contributed by atoms with Crippen molar-refractivity contribution in [3.63, 3.8) is 0 Å². The zero-order valence-electron chi connectivity index (χ0n) is 13.4. The molecule has 0 aliphatic carbocycles. The summed E-state index contributed by atoms with van der Waals surface area (Å²) >= 11 is -2.44. The Bertz CT molecular complexity index is 608. The molecule has 0 saturated carbocycles. The van der Waals surface area contributed by atoms with Crippen LogP contribution in [0, 0.1) is 5.82 Å². The van der Waals surface area contributed by atoms with E-state index in [4.69, 9.17) is 4.74 Å². The molecule has 134 valence electrons. The normalized spacial score (nSPS) is 18.1. The lowest BCUT2D eigenvalue weighted by molar-refractivity contribution is -0.120. The first-order valence-corrected chi connectivity index (χ1v) is 8.69. The van der Waals surface area contributed by atoms with Gasteiger partial charge in [-0.3, -0.25) is 14.3 Å². The average Bonchev–Trinajstić information content (AvgIpc) is 2.59. The number of likely N-dealkylation sites (N-methyl/N-ethyl adjacent to an activating group) is 1. The molecule has 1 amide bonds. The first kappa shape index (κ1) is 18.9. The first-order valence-electron chi connectivity index (χ1n) is 7.62. The number of hydrogen-bond acceptors (Lipinski definition) is 5. The molecule has 1 aliphatic heterocycles. The third-order valence-electron chi connectivity index (χ3n) is 4.20. The predicted octanol–water partition coefficient (Wildman–Crippen LogP) is 0.0507. The molecule has 1 unspecified atom stereocenters. The Morgan fingerprint density at radius 3 is 2.71 bits per heavy atom. The number of carbonyl (C=O) groups excluding carboxylic acids is 1. The van der Waals surface area contributed by atoms with E-state index < -0.39 is 22.6 Å². The summed E-state index contributed by atoms with van der Waals surface area (Å²) in [7, 11) is 1.56. The van der Waals surface area contributed by atoms with Crippen molar-refractivity contribution in [2.24, 2.45) is 0 Å². The van der Waals surface area contributed by atoms with Crippen LogP contribution in [0.3, 0.4) is 0 Å². The van der Waals surface area contributed by atoms with Gasteiger partial charge in [-0.05, 0) is 24.5 Å². The predicted molar refractivity (Wildman–Crippen MR) is 86.0 cm³/mol. The van der Waals surface area contributed by atoms with Gasteiger partial charge in [0.2, 0.25) is 5.91 Å². The maximum absolute atomic E-state index is 14.3. The Balaban J connectivity index is 2.21. The Kier molecular flexibility index (Phi) is 6.81. The van der Waals surface area contributed by atoms with Gasteiger partial charge in [-0.25, -0.2) is 9.11 Å². The van der Waals surface area contributed by atoms with E-state index in [1.807, 2.05) is 0 Å². The van der Waals surface area contributed by atoms with Crippen LogP contribution in [-0.2, 0) is 32.9 Å². The zero-order valence-corrected chi connectivity index (χ0v) is 14.2. The summed E-state index contributed by atoms with van der Waals surface area (Å²) in [5, 5.41) is 5.77. The molecule has 9 heteroatoms.